The monoisotopic (exact) mass is 675 g/mol. The average molecular weight is 676 g/mol. The summed E-state index contributed by atoms with van der Waals surface area (Å²) in [5, 5.41) is 29.6. The Morgan fingerprint density at radius 2 is 1.62 bits per heavy atom. The van der Waals surface area contributed by atoms with E-state index < -0.39 is 95.0 Å². The quantitative estimate of drug-likeness (QED) is 0.390. The summed E-state index contributed by atoms with van der Waals surface area (Å²) in [6.07, 6.45) is -16.2. The van der Waals surface area contributed by atoms with Crippen molar-refractivity contribution in [3.63, 3.8) is 0 Å². The molecule has 4 rings (SSSR count). The van der Waals surface area contributed by atoms with Gasteiger partial charge < -0.3 is 29.9 Å². The summed E-state index contributed by atoms with van der Waals surface area (Å²) in [6, 6.07) is 0.333. The molecular weight excluding hydrogens is 646 g/mol. The first-order chi connectivity index (χ1) is 20.6. The SMILES string of the molecule is CC(C)Oc1cc(C(O)(C(F)(F)F)C(F)(F)F)ccc1-c1sc(C(=O)N2C[C@H](O)C[C@H](O)C2)nc1C(=O)N1CC(F)(F)CC1C. The number of amides is 2. The van der Waals surface area contributed by atoms with Gasteiger partial charge in [0.05, 0.1) is 29.7 Å². The Bertz CT molecular complexity index is 1420. The Morgan fingerprint density at radius 3 is 2.11 bits per heavy atom. The fourth-order valence-electron chi connectivity index (χ4n) is 5.28. The summed E-state index contributed by atoms with van der Waals surface area (Å²) in [7, 11) is 0. The highest BCUT2D eigenvalue weighted by Crippen LogP contribution is 2.52. The van der Waals surface area contributed by atoms with Gasteiger partial charge >= 0.3 is 12.4 Å². The first kappa shape index (κ1) is 34.8. The number of hydrogen-bond donors (Lipinski definition) is 3. The number of thiazole rings is 1. The van der Waals surface area contributed by atoms with Crippen LogP contribution >= 0.6 is 11.3 Å². The molecule has 1 unspecified atom stereocenters. The maximum atomic E-state index is 14.2. The van der Waals surface area contributed by atoms with E-state index in [0.717, 1.165) is 9.80 Å². The molecule has 3 atom stereocenters. The maximum absolute atomic E-state index is 14.2. The zero-order valence-corrected chi connectivity index (χ0v) is 24.7. The van der Waals surface area contributed by atoms with Gasteiger partial charge in [0.1, 0.15) is 11.4 Å². The van der Waals surface area contributed by atoms with Crippen molar-refractivity contribution in [2.24, 2.45) is 0 Å². The molecule has 250 valence electrons. The van der Waals surface area contributed by atoms with Gasteiger partial charge in [0.25, 0.3) is 23.3 Å². The summed E-state index contributed by atoms with van der Waals surface area (Å²) in [5.41, 5.74) is -7.88. The van der Waals surface area contributed by atoms with Crippen molar-refractivity contribution >= 4 is 23.2 Å². The molecule has 3 N–H and O–H groups in total. The van der Waals surface area contributed by atoms with Gasteiger partial charge in [-0.1, -0.05) is 6.07 Å². The molecule has 2 aromatic rings. The molecule has 2 aliphatic rings. The molecule has 0 aliphatic carbocycles. The van der Waals surface area contributed by atoms with Gasteiger partial charge in [-0.15, -0.1) is 11.3 Å². The number of aliphatic hydroxyl groups is 3. The Balaban J connectivity index is 1.91. The van der Waals surface area contributed by atoms with E-state index in [4.69, 9.17) is 4.74 Å². The van der Waals surface area contributed by atoms with E-state index in [2.05, 4.69) is 4.98 Å². The molecule has 1 aromatic heterocycles. The highest BCUT2D eigenvalue weighted by molar-refractivity contribution is 7.17. The molecule has 18 heteroatoms. The summed E-state index contributed by atoms with van der Waals surface area (Å²) in [4.78, 5) is 32.6. The molecule has 0 spiro atoms. The normalized spacial score (nSPS) is 22.7. The molecule has 0 radical (unpaired) electrons. The van der Waals surface area contributed by atoms with E-state index in [-0.39, 0.29) is 30.0 Å². The van der Waals surface area contributed by atoms with Crippen molar-refractivity contribution in [1.29, 1.82) is 0 Å². The molecular formula is C27H29F8N3O6S. The lowest BCUT2D eigenvalue weighted by atomic mass is 9.90. The minimum Gasteiger partial charge on any atom is -0.490 e. The van der Waals surface area contributed by atoms with Crippen molar-refractivity contribution in [1.82, 2.24) is 14.8 Å². The number of benzene rings is 1. The van der Waals surface area contributed by atoms with E-state index in [1.54, 1.807) is 0 Å². The molecule has 9 nitrogen and oxygen atoms in total. The van der Waals surface area contributed by atoms with Crippen LogP contribution in [-0.4, -0.2) is 104 Å². The molecule has 45 heavy (non-hydrogen) atoms. The molecule has 2 saturated heterocycles. The lowest BCUT2D eigenvalue weighted by molar-refractivity contribution is -0.376. The van der Waals surface area contributed by atoms with Crippen LogP contribution in [0.1, 0.15) is 59.5 Å². The average Bonchev–Trinajstić information content (AvgIpc) is 3.45. The van der Waals surface area contributed by atoms with Gasteiger partial charge in [-0.25, -0.2) is 13.8 Å². The third-order valence-corrected chi connectivity index (χ3v) is 8.40. The predicted molar refractivity (Wildman–Crippen MR) is 142 cm³/mol. The van der Waals surface area contributed by atoms with E-state index in [9.17, 15) is 60.0 Å². The summed E-state index contributed by atoms with van der Waals surface area (Å²) in [6.45, 7) is 2.65. The Hall–Kier alpha value is -3.09. The molecule has 3 heterocycles. The van der Waals surface area contributed by atoms with E-state index in [0.29, 0.717) is 29.5 Å². The third kappa shape index (κ3) is 6.73. The zero-order chi connectivity index (χ0) is 33.9. The fourth-order valence-corrected chi connectivity index (χ4v) is 6.34. The molecule has 0 bridgehead atoms. The maximum Gasteiger partial charge on any atom is 0.430 e. The van der Waals surface area contributed by atoms with Crippen LogP contribution in [0.5, 0.6) is 5.75 Å². The molecule has 2 amide bonds. The van der Waals surface area contributed by atoms with Crippen molar-refractivity contribution < 1.29 is 64.8 Å². The van der Waals surface area contributed by atoms with Crippen LogP contribution < -0.4 is 4.74 Å². The fraction of sp³-hybridized carbons (Fsp3) is 0.593. The Morgan fingerprint density at radius 1 is 1.04 bits per heavy atom. The highest BCUT2D eigenvalue weighted by Gasteiger charge is 2.71. The summed E-state index contributed by atoms with van der Waals surface area (Å²) in [5.74, 6) is -5.90. The van der Waals surface area contributed by atoms with Gasteiger partial charge in [-0.05, 0) is 32.9 Å². The number of nitrogens with zero attached hydrogens (tertiary/aromatic N) is 3. The summed E-state index contributed by atoms with van der Waals surface area (Å²) >= 11 is 0.483. The highest BCUT2D eigenvalue weighted by atomic mass is 32.1. The third-order valence-electron chi connectivity index (χ3n) is 7.32. The van der Waals surface area contributed by atoms with Gasteiger partial charge in [0.2, 0.25) is 0 Å². The van der Waals surface area contributed by atoms with Gasteiger partial charge in [0.15, 0.2) is 5.01 Å². The van der Waals surface area contributed by atoms with Crippen molar-refractivity contribution in [3.8, 4) is 16.2 Å². The zero-order valence-electron chi connectivity index (χ0n) is 23.9. The number of likely N-dealkylation sites (tertiary alicyclic amines) is 2. The van der Waals surface area contributed by atoms with Crippen LogP contribution in [0.15, 0.2) is 18.2 Å². The smallest absolute Gasteiger partial charge is 0.430 e. The first-order valence-corrected chi connectivity index (χ1v) is 14.4. The number of hydrogen-bond acceptors (Lipinski definition) is 8. The second kappa shape index (κ2) is 11.9. The number of alkyl halides is 8. The number of β-amino-alcohol motifs (C(OH)–C–C–N with tert-alkyl or cyclic N) is 2. The molecule has 2 aliphatic heterocycles. The Kier molecular flexibility index (Phi) is 9.22. The predicted octanol–water partition coefficient (Wildman–Crippen LogP) is 4.35. The Labute approximate surface area is 255 Å². The van der Waals surface area contributed by atoms with Crippen molar-refractivity contribution in [2.75, 3.05) is 19.6 Å². The van der Waals surface area contributed by atoms with Crippen molar-refractivity contribution in [3.05, 3.63) is 34.5 Å². The topological polar surface area (TPSA) is 123 Å². The first-order valence-electron chi connectivity index (χ1n) is 13.6. The second-order valence-electron chi connectivity index (χ2n) is 11.4. The molecule has 0 saturated carbocycles. The van der Waals surface area contributed by atoms with E-state index in [1.807, 2.05) is 0 Å². The number of halogens is 8. The largest absolute Gasteiger partial charge is 0.490 e. The van der Waals surface area contributed by atoms with Crippen LogP contribution in [-0.2, 0) is 5.60 Å². The van der Waals surface area contributed by atoms with Crippen LogP contribution in [0.2, 0.25) is 0 Å². The van der Waals surface area contributed by atoms with Crippen LogP contribution in [0.4, 0.5) is 35.1 Å². The lowest BCUT2D eigenvalue weighted by Gasteiger charge is -2.33. The van der Waals surface area contributed by atoms with Gasteiger partial charge in [-0.2, -0.15) is 26.3 Å². The molecule has 1 aromatic carbocycles. The van der Waals surface area contributed by atoms with E-state index >= 15 is 0 Å². The standard InChI is InChI=1S/C27H29F8N3O6S/c1-12(2)44-18-6-14(25(43,26(30,31)32)27(33,34)35)4-5-17(18)20-19(22(41)38-11-24(28,29)8-13(38)3)36-21(45-20)23(42)37-9-15(39)7-16(40)10-37/h4-6,12-13,15-16,39-40,43H,7-11H2,1-3H3/t13?,15-,16+. The summed E-state index contributed by atoms with van der Waals surface area (Å²) < 4.78 is 116. The van der Waals surface area contributed by atoms with Crippen molar-refractivity contribution in [2.45, 2.75) is 81.8 Å². The number of aromatic nitrogens is 1. The number of rotatable bonds is 6. The van der Waals surface area contributed by atoms with Gasteiger partial charge in [-0.3, -0.25) is 9.59 Å². The van der Waals surface area contributed by atoms with Crippen LogP contribution in [0, 0.1) is 0 Å². The van der Waals surface area contributed by atoms with Gasteiger partial charge in [0, 0.05) is 43.1 Å². The van der Waals surface area contributed by atoms with E-state index in [1.165, 1.54) is 20.8 Å². The number of carbonyl (C=O) groups excluding carboxylic acids is 2. The minimum atomic E-state index is -6.21. The minimum absolute atomic E-state index is 0.0257. The number of aliphatic hydroxyl groups excluding tert-OH is 2. The molecule has 2 fully saturated rings. The lowest BCUT2D eigenvalue weighted by Crippen LogP contribution is -2.53. The number of piperidine rings is 1. The second-order valence-corrected chi connectivity index (χ2v) is 12.4. The number of ether oxygens (including phenoxy) is 1. The van der Waals surface area contributed by atoms with Crippen LogP contribution in [0.25, 0.3) is 10.4 Å². The number of carbonyl (C=O) groups is 2. The van der Waals surface area contributed by atoms with Crippen LogP contribution in [0.3, 0.4) is 0 Å².